The van der Waals surface area contributed by atoms with E-state index in [0.717, 1.165) is 18.8 Å². The third kappa shape index (κ3) is 5.44. The number of nitrogens with one attached hydrogen (secondary N) is 1. The Morgan fingerprint density at radius 3 is 2.32 bits per heavy atom. The molecular weight excluding hydrogens is 242 g/mol. The summed E-state index contributed by atoms with van der Waals surface area (Å²) in [5.74, 6) is 6.92. The first kappa shape index (κ1) is 15.7. The lowest BCUT2D eigenvalue weighted by atomic mass is 10.1. The minimum Gasteiger partial charge on any atom is -0.455 e. The van der Waals surface area contributed by atoms with E-state index in [-0.39, 0.29) is 5.76 Å². The summed E-state index contributed by atoms with van der Waals surface area (Å²) in [6, 6.07) is 3.48. The maximum Gasteiger partial charge on any atom is 0.300 e. The van der Waals surface area contributed by atoms with Gasteiger partial charge in [0.1, 0.15) is 5.76 Å². The van der Waals surface area contributed by atoms with Gasteiger partial charge in [0.25, 0.3) is 0 Å². The van der Waals surface area contributed by atoms with Crippen LogP contribution in [0.3, 0.4) is 0 Å². The zero-order chi connectivity index (χ0) is 14.4. The second kappa shape index (κ2) is 7.31. The van der Waals surface area contributed by atoms with Gasteiger partial charge in [-0.2, -0.15) is 0 Å². The van der Waals surface area contributed by atoms with Crippen LogP contribution in [-0.4, -0.2) is 23.9 Å². The van der Waals surface area contributed by atoms with Gasteiger partial charge < -0.3 is 4.42 Å². The molecule has 108 valence electrons. The lowest BCUT2D eigenvalue weighted by molar-refractivity contribution is 0.0921. The van der Waals surface area contributed by atoms with Crippen LogP contribution in [0.25, 0.3) is 0 Å². The maximum atomic E-state index is 11.3. The summed E-state index contributed by atoms with van der Waals surface area (Å²) in [5.41, 5.74) is 2.07. The number of carbonyl (C=O) groups excluding carboxylic acids is 1. The van der Waals surface area contributed by atoms with E-state index in [1.165, 1.54) is 0 Å². The third-order valence-electron chi connectivity index (χ3n) is 2.64. The van der Waals surface area contributed by atoms with E-state index in [1.807, 2.05) is 6.07 Å². The van der Waals surface area contributed by atoms with Crippen LogP contribution in [0.4, 0.5) is 0 Å². The molecule has 19 heavy (non-hydrogen) atoms. The van der Waals surface area contributed by atoms with Crippen molar-refractivity contribution in [2.75, 3.05) is 13.1 Å². The molecule has 0 saturated carbocycles. The summed E-state index contributed by atoms with van der Waals surface area (Å²) in [5, 5.41) is 0. The molecule has 0 aliphatic rings. The second-order valence-corrected chi connectivity index (χ2v) is 5.72. The molecule has 1 amide bonds. The van der Waals surface area contributed by atoms with E-state index < -0.39 is 5.91 Å². The van der Waals surface area contributed by atoms with Crippen molar-refractivity contribution < 1.29 is 9.21 Å². The molecule has 0 bridgehead atoms. The van der Waals surface area contributed by atoms with Crippen LogP contribution in [0.5, 0.6) is 0 Å². The van der Waals surface area contributed by atoms with Crippen LogP contribution in [0.1, 0.15) is 44.0 Å². The quantitative estimate of drug-likeness (QED) is 0.450. The van der Waals surface area contributed by atoms with Gasteiger partial charge in [0.15, 0.2) is 5.76 Å². The molecule has 0 spiro atoms. The number of hydrogen-bond donors (Lipinski definition) is 2. The number of hydrogen-bond acceptors (Lipinski definition) is 4. The standard InChI is InChI=1S/C14H25N3O2/c1-10(2)7-17(8-11(3)4)9-12-5-6-13(19-12)14(18)16-15/h5-6,10-11H,7-9,15H2,1-4H3,(H,16,18). The minimum absolute atomic E-state index is 0.256. The van der Waals surface area contributed by atoms with Gasteiger partial charge in [0.05, 0.1) is 6.54 Å². The third-order valence-corrected chi connectivity index (χ3v) is 2.64. The molecule has 0 aliphatic heterocycles. The second-order valence-electron chi connectivity index (χ2n) is 5.72. The molecule has 1 aromatic heterocycles. The first-order chi connectivity index (χ1) is 8.92. The lowest BCUT2D eigenvalue weighted by Crippen LogP contribution is -2.31. The van der Waals surface area contributed by atoms with Crippen LogP contribution in [-0.2, 0) is 6.54 Å². The molecule has 1 aromatic rings. The van der Waals surface area contributed by atoms with Crippen molar-refractivity contribution >= 4 is 5.91 Å². The number of hydrazine groups is 1. The summed E-state index contributed by atoms with van der Waals surface area (Å²) >= 11 is 0. The number of nitrogens with zero attached hydrogens (tertiary/aromatic N) is 1. The first-order valence-electron chi connectivity index (χ1n) is 6.74. The van der Waals surface area contributed by atoms with E-state index in [2.05, 4.69) is 38.0 Å². The van der Waals surface area contributed by atoms with E-state index in [9.17, 15) is 4.79 Å². The number of nitrogens with two attached hydrogens (primary N) is 1. The predicted molar refractivity (Wildman–Crippen MR) is 75.3 cm³/mol. The minimum atomic E-state index is -0.398. The normalized spacial score (nSPS) is 11.6. The molecule has 1 rings (SSSR count). The lowest BCUT2D eigenvalue weighted by Gasteiger charge is -2.25. The molecule has 0 fully saturated rings. The largest absolute Gasteiger partial charge is 0.455 e. The highest BCUT2D eigenvalue weighted by atomic mass is 16.4. The predicted octanol–water partition coefficient (Wildman–Crippen LogP) is 2.00. The average Bonchev–Trinajstić information content (AvgIpc) is 2.74. The fraction of sp³-hybridized carbons (Fsp3) is 0.643. The van der Waals surface area contributed by atoms with E-state index >= 15 is 0 Å². The van der Waals surface area contributed by atoms with Crippen molar-refractivity contribution in [1.29, 1.82) is 0 Å². The molecule has 1 heterocycles. The highest BCUT2D eigenvalue weighted by molar-refractivity contribution is 5.90. The molecule has 0 aromatic carbocycles. The van der Waals surface area contributed by atoms with Gasteiger partial charge in [-0.25, -0.2) is 5.84 Å². The van der Waals surface area contributed by atoms with Crippen molar-refractivity contribution in [1.82, 2.24) is 10.3 Å². The van der Waals surface area contributed by atoms with Gasteiger partial charge in [0, 0.05) is 13.1 Å². The maximum absolute atomic E-state index is 11.3. The SMILES string of the molecule is CC(C)CN(Cc1ccc(C(=O)NN)o1)CC(C)C. The first-order valence-corrected chi connectivity index (χ1v) is 6.74. The van der Waals surface area contributed by atoms with Gasteiger partial charge in [0.2, 0.25) is 0 Å². The number of carbonyl (C=O) groups is 1. The Labute approximate surface area is 115 Å². The van der Waals surface area contributed by atoms with Crippen LogP contribution < -0.4 is 11.3 Å². The highest BCUT2D eigenvalue weighted by Gasteiger charge is 2.14. The van der Waals surface area contributed by atoms with Crippen molar-refractivity contribution in [3.63, 3.8) is 0 Å². The Bertz CT molecular complexity index is 389. The van der Waals surface area contributed by atoms with Crippen LogP contribution >= 0.6 is 0 Å². The van der Waals surface area contributed by atoms with Crippen molar-refractivity contribution in [3.05, 3.63) is 23.7 Å². The van der Waals surface area contributed by atoms with Crippen molar-refractivity contribution in [2.24, 2.45) is 17.7 Å². The Morgan fingerprint density at radius 2 is 1.84 bits per heavy atom. The molecule has 3 N–H and O–H groups in total. The molecule has 5 nitrogen and oxygen atoms in total. The number of amides is 1. The van der Waals surface area contributed by atoms with Gasteiger partial charge >= 0.3 is 5.91 Å². The van der Waals surface area contributed by atoms with Crippen LogP contribution in [0.2, 0.25) is 0 Å². The molecule has 0 saturated heterocycles. The number of furan rings is 1. The highest BCUT2D eigenvalue weighted by Crippen LogP contribution is 2.13. The Hall–Kier alpha value is -1.33. The zero-order valence-electron chi connectivity index (χ0n) is 12.3. The molecule has 0 atom stereocenters. The summed E-state index contributed by atoms with van der Waals surface area (Å²) in [6.45, 7) is 11.5. The van der Waals surface area contributed by atoms with Crippen molar-refractivity contribution in [2.45, 2.75) is 34.2 Å². The molecule has 0 unspecified atom stereocenters. The monoisotopic (exact) mass is 267 g/mol. The zero-order valence-corrected chi connectivity index (χ0v) is 12.3. The average molecular weight is 267 g/mol. The van der Waals surface area contributed by atoms with Gasteiger partial charge in [-0.1, -0.05) is 27.7 Å². The molecule has 5 heteroatoms. The van der Waals surface area contributed by atoms with Gasteiger partial charge in [-0.3, -0.25) is 15.1 Å². The van der Waals surface area contributed by atoms with E-state index in [1.54, 1.807) is 6.07 Å². The number of rotatable bonds is 7. The van der Waals surface area contributed by atoms with Crippen LogP contribution in [0.15, 0.2) is 16.5 Å². The molecule has 0 radical (unpaired) electrons. The van der Waals surface area contributed by atoms with E-state index in [4.69, 9.17) is 10.3 Å². The van der Waals surface area contributed by atoms with Crippen molar-refractivity contribution in [3.8, 4) is 0 Å². The van der Waals surface area contributed by atoms with E-state index in [0.29, 0.717) is 18.4 Å². The van der Waals surface area contributed by atoms with Crippen LogP contribution in [0, 0.1) is 11.8 Å². The summed E-state index contributed by atoms with van der Waals surface area (Å²) in [7, 11) is 0. The number of nitrogen functional groups attached to an aromatic ring is 1. The fourth-order valence-corrected chi connectivity index (χ4v) is 2.11. The Balaban J connectivity index is 2.67. The topological polar surface area (TPSA) is 71.5 Å². The summed E-state index contributed by atoms with van der Waals surface area (Å²) in [4.78, 5) is 13.7. The summed E-state index contributed by atoms with van der Waals surface area (Å²) < 4.78 is 5.50. The molecular formula is C14H25N3O2. The van der Waals surface area contributed by atoms with Gasteiger partial charge in [-0.15, -0.1) is 0 Å². The smallest absolute Gasteiger partial charge is 0.300 e. The van der Waals surface area contributed by atoms with Gasteiger partial charge in [-0.05, 0) is 24.0 Å². The summed E-state index contributed by atoms with van der Waals surface area (Å²) in [6.07, 6.45) is 0. The Morgan fingerprint density at radius 1 is 1.26 bits per heavy atom. The fourth-order valence-electron chi connectivity index (χ4n) is 2.11. The molecule has 0 aliphatic carbocycles. The Kier molecular flexibility index (Phi) is 6.05.